The molecule has 1 aromatic rings. The number of benzene rings is 1. The summed E-state index contributed by atoms with van der Waals surface area (Å²) in [6.45, 7) is 6.40. The van der Waals surface area contributed by atoms with E-state index in [4.69, 9.17) is 5.73 Å². The van der Waals surface area contributed by atoms with Gasteiger partial charge in [0.05, 0.1) is 5.69 Å². The number of amidine groups is 1. The molecule has 0 bridgehead atoms. The minimum atomic E-state index is 0.640. The molecule has 0 aliphatic carbocycles. The van der Waals surface area contributed by atoms with Crippen LogP contribution in [0, 0.1) is 12.8 Å². The normalized spacial score (nSPS) is 12.1. The Balaban J connectivity index is 2.62. The van der Waals surface area contributed by atoms with E-state index < -0.39 is 0 Å². The minimum absolute atomic E-state index is 0.640. The van der Waals surface area contributed by atoms with E-state index >= 15 is 0 Å². The van der Waals surface area contributed by atoms with E-state index in [2.05, 4.69) is 31.8 Å². The summed E-state index contributed by atoms with van der Waals surface area (Å²) >= 11 is 1.61. The third-order valence-corrected chi connectivity index (χ3v) is 3.03. The first kappa shape index (κ1) is 12.1. The van der Waals surface area contributed by atoms with Gasteiger partial charge in [-0.3, -0.25) is 0 Å². The van der Waals surface area contributed by atoms with Crippen LogP contribution in [-0.2, 0) is 0 Å². The molecule has 0 fully saturated rings. The van der Waals surface area contributed by atoms with Gasteiger partial charge in [0.25, 0.3) is 0 Å². The van der Waals surface area contributed by atoms with Gasteiger partial charge in [-0.15, -0.1) is 0 Å². The van der Waals surface area contributed by atoms with Crippen molar-refractivity contribution in [2.45, 2.75) is 20.8 Å². The monoisotopic (exact) mass is 222 g/mol. The summed E-state index contributed by atoms with van der Waals surface area (Å²) < 4.78 is 0. The van der Waals surface area contributed by atoms with Crippen molar-refractivity contribution in [3.8, 4) is 0 Å². The van der Waals surface area contributed by atoms with Crippen LogP contribution in [0.25, 0.3) is 0 Å². The highest BCUT2D eigenvalue weighted by molar-refractivity contribution is 8.13. The maximum Gasteiger partial charge on any atom is 0.159 e. The van der Waals surface area contributed by atoms with Gasteiger partial charge < -0.3 is 5.73 Å². The first-order valence-corrected chi connectivity index (χ1v) is 6.10. The van der Waals surface area contributed by atoms with Crippen LogP contribution in [0.1, 0.15) is 19.4 Å². The Bertz CT molecular complexity index is 345. The highest BCUT2D eigenvalue weighted by Gasteiger charge is 1.98. The molecule has 0 radical (unpaired) electrons. The summed E-state index contributed by atoms with van der Waals surface area (Å²) in [5.41, 5.74) is 7.96. The van der Waals surface area contributed by atoms with Crippen molar-refractivity contribution >= 4 is 22.6 Å². The number of aryl methyl sites for hydroxylation is 1. The number of hydrogen-bond donors (Lipinski definition) is 1. The molecular formula is C12H18N2S. The summed E-state index contributed by atoms with van der Waals surface area (Å²) in [5.74, 6) is 1.66. The van der Waals surface area contributed by atoms with E-state index in [0.29, 0.717) is 11.1 Å². The molecule has 0 amide bonds. The Morgan fingerprint density at radius 3 is 2.80 bits per heavy atom. The second-order valence-corrected chi connectivity index (χ2v) is 5.03. The first-order chi connectivity index (χ1) is 7.08. The van der Waals surface area contributed by atoms with Gasteiger partial charge in [0, 0.05) is 5.75 Å². The zero-order valence-corrected chi connectivity index (χ0v) is 10.3. The van der Waals surface area contributed by atoms with Crippen LogP contribution >= 0.6 is 11.8 Å². The Labute approximate surface area is 96.0 Å². The van der Waals surface area contributed by atoms with E-state index in [1.54, 1.807) is 11.8 Å². The van der Waals surface area contributed by atoms with Crippen LogP contribution in [0.4, 0.5) is 5.69 Å². The standard InChI is InChI=1S/C12H18N2S/c1-9(2)8-15-12(13)14-11-6-4-5-10(3)7-11/h4-7,9H,8H2,1-3H3,(H2,13,14). The molecule has 2 nitrogen and oxygen atoms in total. The average Bonchev–Trinajstić information content (AvgIpc) is 2.15. The predicted octanol–water partition coefficient (Wildman–Crippen LogP) is 3.33. The lowest BCUT2D eigenvalue weighted by Crippen LogP contribution is -2.08. The van der Waals surface area contributed by atoms with Crippen LogP contribution in [-0.4, -0.2) is 10.9 Å². The van der Waals surface area contributed by atoms with Crippen molar-refractivity contribution in [3.63, 3.8) is 0 Å². The minimum Gasteiger partial charge on any atom is -0.378 e. The molecule has 0 aliphatic heterocycles. The Morgan fingerprint density at radius 2 is 2.20 bits per heavy atom. The fraction of sp³-hybridized carbons (Fsp3) is 0.417. The SMILES string of the molecule is Cc1cccc(N=C(N)SCC(C)C)c1. The van der Waals surface area contributed by atoms with Crippen LogP contribution < -0.4 is 5.73 Å². The van der Waals surface area contributed by atoms with Crippen LogP contribution in [0.3, 0.4) is 0 Å². The van der Waals surface area contributed by atoms with Crippen LogP contribution in [0.2, 0.25) is 0 Å². The third-order valence-electron chi connectivity index (χ3n) is 1.81. The summed E-state index contributed by atoms with van der Waals surface area (Å²) in [5, 5.41) is 0.648. The number of nitrogens with two attached hydrogens (primary N) is 1. The van der Waals surface area contributed by atoms with Gasteiger partial charge >= 0.3 is 0 Å². The Kier molecular flexibility index (Phi) is 4.69. The molecule has 0 saturated heterocycles. The largest absolute Gasteiger partial charge is 0.378 e. The average molecular weight is 222 g/mol. The van der Waals surface area contributed by atoms with E-state index in [1.165, 1.54) is 5.56 Å². The number of hydrogen-bond acceptors (Lipinski definition) is 2. The van der Waals surface area contributed by atoms with Gasteiger partial charge in [-0.2, -0.15) is 0 Å². The number of aliphatic imine (C=N–C) groups is 1. The van der Waals surface area contributed by atoms with Gasteiger partial charge in [0.15, 0.2) is 5.17 Å². The quantitative estimate of drug-likeness (QED) is 0.629. The fourth-order valence-electron chi connectivity index (χ4n) is 1.11. The van der Waals surface area contributed by atoms with Crippen molar-refractivity contribution < 1.29 is 0 Å². The van der Waals surface area contributed by atoms with Gasteiger partial charge in [-0.1, -0.05) is 37.7 Å². The van der Waals surface area contributed by atoms with Gasteiger partial charge in [0.2, 0.25) is 0 Å². The van der Waals surface area contributed by atoms with Crippen molar-refractivity contribution in [3.05, 3.63) is 29.8 Å². The molecule has 0 aliphatic rings. The second-order valence-electron chi connectivity index (χ2n) is 3.99. The van der Waals surface area contributed by atoms with Gasteiger partial charge in [0.1, 0.15) is 0 Å². The molecule has 0 aromatic heterocycles. The zero-order chi connectivity index (χ0) is 11.3. The predicted molar refractivity (Wildman–Crippen MR) is 69.8 cm³/mol. The molecular weight excluding hydrogens is 204 g/mol. The maximum atomic E-state index is 5.82. The summed E-state index contributed by atoms with van der Waals surface area (Å²) in [6, 6.07) is 8.05. The van der Waals surface area contributed by atoms with E-state index in [-0.39, 0.29) is 0 Å². The second kappa shape index (κ2) is 5.81. The van der Waals surface area contributed by atoms with Crippen LogP contribution in [0.15, 0.2) is 29.3 Å². The van der Waals surface area contributed by atoms with Crippen LogP contribution in [0.5, 0.6) is 0 Å². The number of rotatable bonds is 3. The molecule has 0 spiro atoms. The molecule has 3 heteroatoms. The Morgan fingerprint density at radius 1 is 1.47 bits per heavy atom. The topological polar surface area (TPSA) is 38.4 Å². The van der Waals surface area contributed by atoms with E-state index in [0.717, 1.165) is 11.4 Å². The highest BCUT2D eigenvalue weighted by Crippen LogP contribution is 2.16. The molecule has 1 aromatic carbocycles. The molecule has 1 rings (SSSR count). The van der Waals surface area contributed by atoms with E-state index in [9.17, 15) is 0 Å². The molecule has 15 heavy (non-hydrogen) atoms. The lowest BCUT2D eigenvalue weighted by molar-refractivity contribution is 0.752. The maximum absolute atomic E-state index is 5.82. The summed E-state index contributed by atoms with van der Waals surface area (Å²) in [4.78, 5) is 4.35. The lowest BCUT2D eigenvalue weighted by atomic mass is 10.2. The van der Waals surface area contributed by atoms with Gasteiger partial charge in [-0.25, -0.2) is 4.99 Å². The number of nitrogens with zero attached hydrogens (tertiary/aromatic N) is 1. The molecule has 82 valence electrons. The Hall–Kier alpha value is -0.960. The molecule has 2 N–H and O–H groups in total. The van der Waals surface area contributed by atoms with Crippen molar-refractivity contribution in [2.24, 2.45) is 16.6 Å². The fourth-order valence-corrected chi connectivity index (χ4v) is 1.78. The molecule has 0 atom stereocenters. The highest BCUT2D eigenvalue weighted by atomic mass is 32.2. The van der Waals surface area contributed by atoms with Gasteiger partial charge in [-0.05, 0) is 30.5 Å². The van der Waals surface area contributed by atoms with Crippen molar-refractivity contribution in [1.82, 2.24) is 0 Å². The van der Waals surface area contributed by atoms with Crippen molar-refractivity contribution in [2.75, 3.05) is 5.75 Å². The smallest absolute Gasteiger partial charge is 0.159 e. The molecule has 0 saturated carbocycles. The summed E-state index contributed by atoms with van der Waals surface area (Å²) in [7, 11) is 0. The zero-order valence-electron chi connectivity index (χ0n) is 9.53. The third kappa shape index (κ3) is 4.88. The lowest BCUT2D eigenvalue weighted by Gasteiger charge is -2.03. The first-order valence-electron chi connectivity index (χ1n) is 5.11. The molecule has 0 heterocycles. The van der Waals surface area contributed by atoms with Crippen molar-refractivity contribution in [1.29, 1.82) is 0 Å². The molecule has 0 unspecified atom stereocenters. The summed E-state index contributed by atoms with van der Waals surface area (Å²) in [6.07, 6.45) is 0. The number of thioether (sulfide) groups is 1. The van der Waals surface area contributed by atoms with E-state index in [1.807, 2.05) is 18.2 Å².